The smallest absolute Gasteiger partial charge is 0.543 e. The van der Waals surface area contributed by atoms with E-state index in [1.807, 2.05) is 0 Å². The SMILES string of the molecule is O=C([O-])C(=O)[O-].[Th+4]. The van der Waals surface area contributed by atoms with Crippen molar-refractivity contribution in [3.05, 3.63) is 0 Å². The van der Waals surface area contributed by atoms with Crippen LogP contribution in [-0.2, 0) is 9.59 Å². The van der Waals surface area contributed by atoms with Gasteiger partial charge in [-0.15, -0.1) is 0 Å². The topological polar surface area (TPSA) is 80.3 Å². The first-order valence-electron chi connectivity index (χ1n) is 1.07. The molecular weight excluding hydrogens is 320 g/mol. The second-order valence-electron chi connectivity index (χ2n) is 0.575. The number of aliphatic carboxylic acids is 2. The zero-order chi connectivity index (χ0) is 5.15. The largest absolute Gasteiger partial charge is 4.00 e. The zero-order valence-electron chi connectivity index (χ0n) is 3.13. The maximum Gasteiger partial charge on any atom is 4.00 e. The molecule has 7 heavy (non-hydrogen) atoms. The molecule has 0 saturated carbocycles. The van der Waals surface area contributed by atoms with Gasteiger partial charge >= 0.3 is 39.9 Å². The predicted octanol–water partition coefficient (Wildman–Crippen LogP) is -3.51. The third-order valence-electron chi connectivity index (χ3n) is 0.167. The number of carboxylic acid groups (broad SMARTS) is 2. The first kappa shape index (κ1) is 10.3. The van der Waals surface area contributed by atoms with Crippen molar-refractivity contribution in [2.45, 2.75) is 0 Å². The van der Waals surface area contributed by atoms with Crippen LogP contribution >= 0.6 is 0 Å². The van der Waals surface area contributed by atoms with E-state index in [2.05, 4.69) is 0 Å². The standard InChI is InChI=1S/C2H2O4.Th/c3-1(4)2(5)6;/h(H,3,4)(H,5,6);/q;+4/p-2. The third-order valence-corrected chi connectivity index (χ3v) is 0.167. The minimum absolute atomic E-state index is 0. The molecule has 0 saturated heterocycles. The summed E-state index contributed by atoms with van der Waals surface area (Å²) in [5.74, 6) is -4.37. The van der Waals surface area contributed by atoms with Crippen molar-refractivity contribution in [1.29, 1.82) is 0 Å². The number of carbonyl (C=O) groups is 2. The van der Waals surface area contributed by atoms with Crippen molar-refractivity contribution in [3.8, 4) is 0 Å². The average molecular weight is 320 g/mol. The molecule has 0 aliphatic rings. The number of carboxylic acids is 2. The predicted molar refractivity (Wildman–Crippen MR) is 10.0 cm³/mol. The van der Waals surface area contributed by atoms with Crippen LogP contribution < -0.4 is 10.2 Å². The normalized spacial score (nSPS) is 6.29. The van der Waals surface area contributed by atoms with E-state index in [-0.39, 0.29) is 39.9 Å². The van der Waals surface area contributed by atoms with Gasteiger partial charge in [-0.05, 0) is 0 Å². The minimum atomic E-state index is -2.19. The molecule has 0 fully saturated rings. The number of rotatable bonds is 0. The molecule has 0 amide bonds. The summed E-state index contributed by atoms with van der Waals surface area (Å²) in [6.45, 7) is 0. The summed E-state index contributed by atoms with van der Waals surface area (Å²) in [5, 5.41) is 17.9. The molecule has 0 aromatic heterocycles. The Kier molecular flexibility index (Phi) is 6.50. The van der Waals surface area contributed by atoms with Gasteiger partial charge in [0.05, 0.1) is 11.9 Å². The first-order chi connectivity index (χ1) is 2.64. The van der Waals surface area contributed by atoms with E-state index in [4.69, 9.17) is 19.8 Å². The van der Waals surface area contributed by atoms with Gasteiger partial charge in [0.2, 0.25) is 0 Å². The quantitative estimate of drug-likeness (QED) is 0.434. The second kappa shape index (κ2) is 4.42. The summed E-state index contributed by atoms with van der Waals surface area (Å²) in [6, 6.07) is 0. The molecule has 0 bridgehead atoms. The molecule has 0 atom stereocenters. The molecule has 0 spiro atoms. The summed E-state index contributed by atoms with van der Waals surface area (Å²) in [7, 11) is 0. The Morgan fingerprint density at radius 3 is 1.14 bits per heavy atom. The van der Waals surface area contributed by atoms with Crippen molar-refractivity contribution in [2.24, 2.45) is 0 Å². The Balaban J connectivity index is 0. The Hall–Kier alpha value is 0.265. The summed E-state index contributed by atoms with van der Waals surface area (Å²) in [4.78, 5) is 17.9. The summed E-state index contributed by atoms with van der Waals surface area (Å²) in [5.41, 5.74) is 0. The maximum atomic E-state index is 8.93. The second-order valence-corrected chi connectivity index (χ2v) is 0.575. The van der Waals surface area contributed by atoms with Crippen molar-refractivity contribution in [3.63, 3.8) is 0 Å². The van der Waals surface area contributed by atoms with Gasteiger partial charge in [0.25, 0.3) is 0 Å². The van der Waals surface area contributed by atoms with Crippen LogP contribution in [0.15, 0.2) is 0 Å². The fourth-order valence-electron chi connectivity index (χ4n) is 0. The number of carbonyl (C=O) groups excluding carboxylic acids is 2. The van der Waals surface area contributed by atoms with E-state index >= 15 is 0 Å². The van der Waals surface area contributed by atoms with Crippen molar-refractivity contribution in [2.75, 3.05) is 0 Å². The van der Waals surface area contributed by atoms with Crippen LogP contribution in [0.2, 0.25) is 0 Å². The van der Waals surface area contributed by atoms with E-state index in [1.54, 1.807) is 0 Å². The molecule has 0 aliphatic carbocycles. The van der Waals surface area contributed by atoms with E-state index < -0.39 is 11.9 Å². The molecule has 5 heteroatoms. The molecule has 0 heterocycles. The summed E-state index contributed by atoms with van der Waals surface area (Å²) in [6.07, 6.45) is 0. The van der Waals surface area contributed by atoms with Crippen LogP contribution in [0.5, 0.6) is 0 Å². The van der Waals surface area contributed by atoms with Crippen LogP contribution in [-0.4, -0.2) is 11.9 Å². The Morgan fingerprint density at radius 2 is 1.14 bits per heavy atom. The van der Waals surface area contributed by atoms with Gasteiger partial charge in [0, 0.05) is 0 Å². The van der Waals surface area contributed by atoms with Crippen molar-refractivity contribution < 1.29 is 59.7 Å². The van der Waals surface area contributed by atoms with Crippen molar-refractivity contribution in [1.82, 2.24) is 0 Å². The fraction of sp³-hybridized carbons (Fsp3) is 0. The molecule has 0 aliphatic heterocycles. The molecule has 34 valence electrons. The van der Waals surface area contributed by atoms with Gasteiger partial charge in [0.15, 0.2) is 0 Å². The van der Waals surface area contributed by atoms with Gasteiger partial charge < -0.3 is 19.8 Å². The van der Waals surface area contributed by atoms with Crippen molar-refractivity contribution >= 4 is 11.9 Å². The van der Waals surface area contributed by atoms with Gasteiger partial charge in [-0.3, -0.25) is 0 Å². The molecule has 0 aromatic carbocycles. The number of hydrogen-bond donors (Lipinski definition) is 0. The average Bonchev–Trinajstić information content (AvgIpc) is 1.36. The van der Waals surface area contributed by atoms with E-state index in [0.717, 1.165) is 0 Å². The summed E-state index contributed by atoms with van der Waals surface area (Å²) >= 11 is 0. The van der Waals surface area contributed by atoms with Crippen LogP contribution in [0.4, 0.5) is 0 Å². The fourth-order valence-corrected chi connectivity index (χ4v) is 0. The third kappa shape index (κ3) is 6.26. The monoisotopic (exact) mass is 320 g/mol. The van der Waals surface area contributed by atoms with Gasteiger partial charge in [-0.25, -0.2) is 0 Å². The molecular formula is C2O4Th+2. The molecule has 0 unspecified atom stereocenters. The number of hydrogen-bond acceptors (Lipinski definition) is 4. The Labute approximate surface area is 71.2 Å². The zero-order valence-corrected chi connectivity index (χ0v) is 7.24. The van der Waals surface area contributed by atoms with Crippen LogP contribution in [0.3, 0.4) is 0 Å². The molecule has 0 radical (unpaired) electrons. The van der Waals surface area contributed by atoms with E-state index in [0.29, 0.717) is 0 Å². The minimum Gasteiger partial charge on any atom is -0.543 e. The van der Waals surface area contributed by atoms with Gasteiger partial charge in [-0.1, -0.05) is 0 Å². The molecule has 4 nitrogen and oxygen atoms in total. The first-order valence-corrected chi connectivity index (χ1v) is 1.07. The Morgan fingerprint density at radius 1 is 1.00 bits per heavy atom. The van der Waals surface area contributed by atoms with Crippen LogP contribution in [0, 0.1) is 39.9 Å². The van der Waals surface area contributed by atoms with Gasteiger partial charge in [0.1, 0.15) is 0 Å². The summed E-state index contributed by atoms with van der Waals surface area (Å²) < 4.78 is 0. The van der Waals surface area contributed by atoms with Crippen LogP contribution in [0.1, 0.15) is 0 Å². The van der Waals surface area contributed by atoms with E-state index in [9.17, 15) is 0 Å². The molecule has 0 rings (SSSR count). The molecule has 0 aromatic rings. The molecule has 0 N–H and O–H groups in total. The van der Waals surface area contributed by atoms with Gasteiger partial charge in [-0.2, -0.15) is 0 Å². The van der Waals surface area contributed by atoms with E-state index in [1.165, 1.54) is 0 Å². The maximum absolute atomic E-state index is 8.93. The van der Waals surface area contributed by atoms with Crippen LogP contribution in [0.25, 0.3) is 0 Å². The Bertz CT molecular complexity index is 75.7.